The lowest BCUT2D eigenvalue weighted by molar-refractivity contribution is -0.0874. The molecule has 0 unspecified atom stereocenters. The first-order valence-corrected chi connectivity index (χ1v) is 12.7. The fourth-order valence-corrected chi connectivity index (χ4v) is 8.78. The minimum Gasteiger partial charge on any atom is -0.389 e. The van der Waals surface area contributed by atoms with Gasteiger partial charge in [0.1, 0.15) is 0 Å². The number of aliphatic hydroxyl groups is 2. The van der Waals surface area contributed by atoms with Gasteiger partial charge in [-0.15, -0.1) is 0 Å². The zero-order valence-corrected chi connectivity index (χ0v) is 19.7. The maximum absolute atomic E-state index is 11.1. The molecule has 0 bridgehead atoms. The third-order valence-electron chi connectivity index (χ3n) is 10.3. The van der Waals surface area contributed by atoms with Gasteiger partial charge in [0.15, 0.2) is 0 Å². The van der Waals surface area contributed by atoms with Crippen LogP contribution < -0.4 is 0 Å². The lowest BCUT2D eigenvalue weighted by atomic mass is 9.46. The summed E-state index contributed by atoms with van der Waals surface area (Å²) in [6, 6.07) is 0. The average molecular weight is 403 g/mol. The van der Waals surface area contributed by atoms with Crippen LogP contribution in [-0.2, 0) is 0 Å². The molecule has 3 fully saturated rings. The van der Waals surface area contributed by atoms with Crippen LogP contribution in [0.25, 0.3) is 0 Å². The molecule has 4 aliphatic carbocycles. The molecule has 0 aliphatic heterocycles. The third-order valence-corrected chi connectivity index (χ3v) is 10.3. The number of fused-ring (bicyclic) bond motifs is 5. The molecule has 0 amide bonds. The van der Waals surface area contributed by atoms with Gasteiger partial charge in [0.25, 0.3) is 0 Å². The van der Waals surface area contributed by atoms with Crippen molar-refractivity contribution in [2.24, 2.45) is 46.3 Å². The fourth-order valence-electron chi connectivity index (χ4n) is 8.78. The summed E-state index contributed by atoms with van der Waals surface area (Å²) in [7, 11) is 0. The summed E-state index contributed by atoms with van der Waals surface area (Å²) in [5.74, 6) is 4.70. The maximum Gasteiger partial charge on any atom is 0.0759 e. The van der Waals surface area contributed by atoms with Crippen LogP contribution in [0.5, 0.6) is 0 Å². The molecule has 0 aromatic rings. The largest absolute Gasteiger partial charge is 0.389 e. The molecule has 166 valence electrons. The van der Waals surface area contributed by atoms with E-state index in [1.807, 2.05) is 6.08 Å². The van der Waals surface area contributed by atoms with Crippen LogP contribution >= 0.6 is 0 Å². The Bertz CT molecular complexity index is 624. The second-order valence-corrected chi connectivity index (χ2v) is 12.3. The lowest BCUT2D eigenvalue weighted by Crippen LogP contribution is -2.54. The van der Waals surface area contributed by atoms with Crippen molar-refractivity contribution in [2.45, 2.75) is 111 Å². The first kappa shape index (κ1) is 21.9. The average Bonchev–Trinajstić information content (AvgIpc) is 3.00. The molecular formula is C27H46O2. The Kier molecular flexibility index (Phi) is 6.01. The Morgan fingerprint density at radius 3 is 2.45 bits per heavy atom. The van der Waals surface area contributed by atoms with Crippen molar-refractivity contribution in [3.8, 4) is 0 Å². The molecular weight excluding hydrogens is 356 g/mol. The normalized spacial score (nSPS) is 47.9. The van der Waals surface area contributed by atoms with Crippen LogP contribution in [0.1, 0.15) is 98.8 Å². The van der Waals surface area contributed by atoms with Crippen LogP contribution in [-0.4, -0.2) is 22.4 Å². The molecule has 0 heterocycles. The minimum absolute atomic E-state index is 0.115. The highest BCUT2D eigenvalue weighted by atomic mass is 16.3. The molecule has 9 atom stereocenters. The highest BCUT2D eigenvalue weighted by molar-refractivity contribution is 5.29. The number of hydrogen-bond acceptors (Lipinski definition) is 2. The van der Waals surface area contributed by atoms with E-state index in [0.717, 1.165) is 42.9 Å². The van der Waals surface area contributed by atoms with Gasteiger partial charge in [-0.25, -0.2) is 0 Å². The monoisotopic (exact) mass is 402 g/mol. The molecule has 29 heavy (non-hydrogen) atoms. The maximum atomic E-state index is 11.1. The summed E-state index contributed by atoms with van der Waals surface area (Å²) >= 11 is 0. The molecule has 0 aromatic carbocycles. The van der Waals surface area contributed by atoms with Gasteiger partial charge in [0.2, 0.25) is 0 Å². The van der Waals surface area contributed by atoms with Gasteiger partial charge in [-0.2, -0.15) is 0 Å². The predicted molar refractivity (Wildman–Crippen MR) is 120 cm³/mol. The van der Waals surface area contributed by atoms with Crippen molar-refractivity contribution >= 4 is 0 Å². The van der Waals surface area contributed by atoms with Crippen LogP contribution in [0.15, 0.2) is 11.6 Å². The summed E-state index contributed by atoms with van der Waals surface area (Å²) in [5.41, 5.74) is 1.77. The van der Waals surface area contributed by atoms with Crippen molar-refractivity contribution in [1.29, 1.82) is 0 Å². The van der Waals surface area contributed by atoms with Crippen molar-refractivity contribution in [1.82, 2.24) is 0 Å². The van der Waals surface area contributed by atoms with Crippen LogP contribution in [0.4, 0.5) is 0 Å². The van der Waals surface area contributed by atoms with E-state index in [-0.39, 0.29) is 17.6 Å². The quantitative estimate of drug-likeness (QED) is 0.525. The molecule has 2 nitrogen and oxygen atoms in total. The molecule has 3 saturated carbocycles. The summed E-state index contributed by atoms with van der Waals surface area (Å²) in [6.45, 7) is 12.3. The molecule has 0 radical (unpaired) electrons. The molecule has 4 aliphatic rings. The molecule has 0 aromatic heterocycles. The summed E-state index contributed by atoms with van der Waals surface area (Å²) in [6.07, 6.45) is 13.8. The van der Waals surface area contributed by atoms with Gasteiger partial charge < -0.3 is 10.2 Å². The molecule has 4 rings (SSSR count). The van der Waals surface area contributed by atoms with Crippen LogP contribution in [0.3, 0.4) is 0 Å². The number of hydrogen-bond donors (Lipinski definition) is 2. The Labute approximate surface area is 179 Å². The van der Waals surface area contributed by atoms with Crippen molar-refractivity contribution < 1.29 is 10.2 Å². The number of rotatable bonds is 5. The zero-order chi connectivity index (χ0) is 21.0. The topological polar surface area (TPSA) is 40.5 Å². The molecule has 2 heteroatoms. The Balaban J connectivity index is 1.52. The molecule has 0 saturated heterocycles. The van der Waals surface area contributed by atoms with Crippen LogP contribution in [0.2, 0.25) is 0 Å². The smallest absolute Gasteiger partial charge is 0.0759 e. The highest BCUT2D eigenvalue weighted by Gasteiger charge is 2.60. The standard InChI is InChI=1S/C27H46O2/c1-17(2)7-6-8-18(3)21-9-10-22-20-16-25(29)24-15-19(28)11-13-27(24,5)23(20)12-14-26(21,22)4/h15,17-23,25,28-29H,6-14,16H2,1-5H3/t18-,19+,20-,21+,22-,23-,25+,26+,27-/m1/s1. The van der Waals surface area contributed by atoms with E-state index in [4.69, 9.17) is 0 Å². The highest BCUT2D eigenvalue weighted by Crippen LogP contribution is 2.67. The summed E-state index contributed by atoms with van der Waals surface area (Å²) in [5, 5.41) is 21.3. The SMILES string of the molecule is CC(C)CCC[C@@H](C)[C@@H]1CC[C@@H]2[C@H]3C[C@H](O)C4=C[C@@H](O)CC[C@]4(C)[C@@H]3CC[C@]21C. The number of aliphatic hydroxyl groups excluding tert-OH is 2. The Morgan fingerprint density at radius 2 is 1.72 bits per heavy atom. The van der Waals surface area contributed by atoms with E-state index in [1.54, 1.807) is 0 Å². The Hall–Kier alpha value is -0.340. The van der Waals surface area contributed by atoms with E-state index >= 15 is 0 Å². The van der Waals surface area contributed by atoms with Crippen molar-refractivity contribution in [3.63, 3.8) is 0 Å². The second kappa shape index (κ2) is 7.97. The van der Waals surface area contributed by atoms with E-state index in [1.165, 1.54) is 50.5 Å². The van der Waals surface area contributed by atoms with Gasteiger partial charge in [-0.05, 0) is 96.9 Å². The first-order valence-electron chi connectivity index (χ1n) is 12.7. The fraction of sp³-hybridized carbons (Fsp3) is 0.926. The van der Waals surface area contributed by atoms with Crippen molar-refractivity contribution in [3.05, 3.63) is 11.6 Å². The predicted octanol–water partition coefficient (Wildman–Crippen LogP) is 6.36. The van der Waals surface area contributed by atoms with Gasteiger partial charge in [-0.3, -0.25) is 0 Å². The van der Waals surface area contributed by atoms with Gasteiger partial charge in [0.05, 0.1) is 12.2 Å². The third kappa shape index (κ3) is 3.65. The Morgan fingerprint density at radius 1 is 0.966 bits per heavy atom. The van der Waals surface area contributed by atoms with Gasteiger partial charge in [0, 0.05) is 0 Å². The summed E-state index contributed by atoms with van der Waals surface area (Å²) < 4.78 is 0. The molecule has 0 spiro atoms. The van der Waals surface area contributed by atoms with E-state index in [2.05, 4.69) is 34.6 Å². The van der Waals surface area contributed by atoms with Gasteiger partial charge in [-0.1, -0.05) is 60.0 Å². The van der Waals surface area contributed by atoms with E-state index in [0.29, 0.717) is 17.3 Å². The molecule has 2 N–H and O–H groups in total. The second-order valence-electron chi connectivity index (χ2n) is 12.3. The lowest BCUT2D eigenvalue weighted by Gasteiger charge is -2.60. The minimum atomic E-state index is -0.347. The van der Waals surface area contributed by atoms with Gasteiger partial charge >= 0.3 is 0 Å². The summed E-state index contributed by atoms with van der Waals surface area (Å²) in [4.78, 5) is 0. The first-order chi connectivity index (χ1) is 13.7. The zero-order valence-electron chi connectivity index (χ0n) is 19.7. The van der Waals surface area contributed by atoms with Crippen molar-refractivity contribution in [2.75, 3.05) is 0 Å². The van der Waals surface area contributed by atoms with E-state index < -0.39 is 0 Å². The van der Waals surface area contributed by atoms with E-state index in [9.17, 15) is 10.2 Å². The van der Waals surface area contributed by atoms with Crippen LogP contribution in [0, 0.1) is 46.3 Å².